The minimum atomic E-state index is -4.32. The third-order valence-electron chi connectivity index (χ3n) is 8.83. The Morgan fingerprint density at radius 1 is 0.961 bits per heavy atom. The van der Waals surface area contributed by atoms with Gasteiger partial charge in [-0.05, 0) is 55.2 Å². The quantitative estimate of drug-likeness (QED) is 0.101. The van der Waals surface area contributed by atoms with E-state index in [0.717, 1.165) is 33.6 Å². The number of primary amides is 1. The summed E-state index contributed by atoms with van der Waals surface area (Å²) in [6.07, 6.45) is 2.25. The molecule has 3 aromatic carbocycles. The molecule has 3 atom stereocenters. The predicted molar refractivity (Wildman–Crippen MR) is 188 cm³/mol. The van der Waals surface area contributed by atoms with Crippen molar-refractivity contribution in [2.75, 3.05) is 6.54 Å². The van der Waals surface area contributed by atoms with Gasteiger partial charge in [-0.15, -0.1) is 0 Å². The first-order valence-electron chi connectivity index (χ1n) is 16.7. The summed E-state index contributed by atoms with van der Waals surface area (Å²) in [5.41, 5.74) is 7.30. The molecule has 51 heavy (non-hydrogen) atoms. The molecule has 0 saturated heterocycles. The van der Waals surface area contributed by atoms with Crippen molar-refractivity contribution in [1.29, 1.82) is 0 Å². The van der Waals surface area contributed by atoms with Crippen LogP contribution in [0.5, 0.6) is 0 Å². The molecule has 5 aromatic rings. The maximum atomic E-state index is 14.1. The molecule has 6 N–H and O–H groups in total. The van der Waals surface area contributed by atoms with Crippen LogP contribution in [0, 0.1) is 0 Å². The Balaban J connectivity index is 1.25. The number of hydroxylamine groups is 1. The molecule has 14 nitrogen and oxygen atoms in total. The number of para-hydroxylation sites is 1. The number of nitrogens with one attached hydrogen (secondary N) is 3. The molecule has 15 heteroatoms. The number of fused-ring (bicyclic) bond motifs is 2. The lowest BCUT2D eigenvalue weighted by Gasteiger charge is -2.31. The predicted octanol–water partition coefficient (Wildman–Crippen LogP) is 2.74. The third-order valence-corrected chi connectivity index (χ3v) is 10.5. The zero-order valence-corrected chi connectivity index (χ0v) is 28.5. The van der Waals surface area contributed by atoms with Gasteiger partial charge in [0.2, 0.25) is 11.8 Å². The average molecular weight is 714 g/mol. The number of rotatable bonds is 15. The van der Waals surface area contributed by atoms with E-state index in [9.17, 15) is 27.9 Å². The second kappa shape index (κ2) is 15.8. The summed E-state index contributed by atoms with van der Waals surface area (Å²) in [7, 11) is -4.32. The number of nitrogens with two attached hydrogens (primary N) is 1. The second-order valence-electron chi connectivity index (χ2n) is 12.6. The SMILES string of the molecule is NC(=O)C[C@H](NC(=O)c1ccc2ccccc2n1)C(=O)N[C@@H](Cc1ccccc1)[C@H](O)CN(OC1CCCC1)S(=O)(=O)c1ccc2cn[nH]c2c1. The van der Waals surface area contributed by atoms with Crippen LogP contribution in [0.3, 0.4) is 0 Å². The van der Waals surface area contributed by atoms with E-state index in [4.69, 9.17) is 10.6 Å². The highest BCUT2D eigenvalue weighted by Gasteiger charge is 2.36. The highest BCUT2D eigenvalue weighted by molar-refractivity contribution is 7.89. The fourth-order valence-corrected chi connectivity index (χ4v) is 7.43. The fraction of sp³-hybridized carbons (Fsp3) is 0.306. The number of aromatic nitrogens is 3. The van der Waals surface area contributed by atoms with Crippen molar-refractivity contribution in [1.82, 2.24) is 30.3 Å². The first-order valence-corrected chi connectivity index (χ1v) is 18.1. The topological polar surface area (TPSA) is 210 Å². The number of aromatic amines is 1. The van der Waals surface area contributed by atoms with Crippen molar-refractivity contribution in [3.8, 4) is 0 Å². The summed E-state index contributed by atoms with van der Waals surface area (Å²) in [5, 5.41) is 25.3. The first-order chi connectivity index (χ1) is 24.6. The van der Waals surface area contributed by atoms with Gasteiger partial charge < -0.3 is 21.5 Å². The van der Waals surface area contributed by atoms with Crippen LogP contribution in [-0.4, -0.2) is 81.7 Å². The van der Waals surface area contributed by atoms with Crippen molar-refractivity contribution in [2.45, 2.75) is 67.7 Å². The molecule has 1 aliphatic rings. The van der Waals surface area contributed by atoms with Crippen LogP contribution in [0.25, 0.3) is 21.8 Å². The van der Waals surface area contributed by atoms with Gasteiger partial charge in [0.15, 0.2) is 0 Å². The van der Waals surface area contributed by atoms with Gasteiger partial charge in [-0.25, -0.2) is 13.4 Å². The molecule has 0 aliphatic heterocycles. The van der Waals surface area contributed by atoms with E-state index in [1.54, 1.807) is 54.7 Å². The molecular formula is C36H39N7O7S. The summed E-state index contributed by atoms with van der Waals surface area (Å²) in [5.74, 6) is -2.36. The number of aliphatic hydroxyl groups is 1. The van der Waals surface area contributed by atoms with Gasteiger partial charge in [-0.3, -0.25) is 24.3 Å². The number of nitrogens with zero attached hydrogens (tertiary/aromatic N) is 3. The van der Waals surface area contributed by atoms with Crippen molar-refractivity contribution in [3.63, 3.8) is 0 Å². The summed E-state index contributed by atoms with van der Waals surface area (Å²) in [6.45, 7) is -0.536. The molecule has 0 spiro atoms. The van der Waals surface area contributed by atoms with E-state index in [2.05, 4.69) is 25.8 Å². The number of H-pyrrole nitrogens is 1. The number of sulfonamides is 1. The van der Waals surface area contributed by atoms with Crippen LogP contribution in [-0.2, 0) is 30.9 Å². The minimum Gasteiger partial charge on any atom is -0.389 e. The van der Waals surface area contributed by atoms with Gasteiger partial charge in [0.25, 0.3) is 15.9 Å². The zero-order valence-electron chi connectivity index (χ0n) is 27.6. The summed E-state index contributed by atoms with van der Waals surface area (Å²) in [4.78, 5) is 49.5. The van der Waals surface area contributed by atoms with Gasteiger partial charge in [-0.2, -0.15) is 5.10 Å². The number of hydrogen-bond donors (Lipinski definition) is 5. The van der Waals surface area contributed by atoms with Crippen LogP contribution in [0.4, 0.5) is 0 Å². The number of benzene rings is 3. The van der Waals surface area contributed by atoms with Crippen LogP contribution < -0.4 is 16.4 Å². The smallest absolute Gasteiger partial charge is 0.270 e. The highest BCUT2D eigenvalue weighted by atomic mass is 32.2. The Hall–Kier alpha value is -5.22. The molecule has 2 aromatic heterocycles. The van der Waals surface area contributed by atoms with Crippen molar-refractivity contribution >= 4 is 49.6 Å². The Bertz CT molecular complexity index is 2120. The Morgan fingerprint density at radius 3 is 2.45 bits per heavy atom. The maximum Gasteiger partial charge on any atom is 0.270 e. The number of hydrogen-bond acceptors (Lipinski definition) is 9. The van der Waals surface area contributed by atoms with E-state index < -0.39 is 58.9 Å². The normalized spacial score (nSPS) is 15.5. The molecule has 1 saturated carbocycles. The summed E-state index contributed by atoms with van der Waals surface area (Å²) < 4.78 is 28.9. The number of amides is 3. The van der Waals surface area contributed by atoms with Gasteiger partial charge in [0.1, 0.15) is 11.7 Å². The monoisotopic (exact) mass is 713 g/mol. The van der Waals surface area contributed by atoms with E-state index >= 15 is 0 Å². The molecule has 6 rings (SSSR count). The molecule has 1 aliphatic carbocycles. The van der Waals surface area contributed by atoms with Crippen molar-refractivity contribution in [3.05, 3.63) is 102 Å². The Kier molecular flexibility index (Phi) is 11.0. The number of aliphatic hydroxyl groups excluding tert-OH is 1. The van der Waals surface area contributed by atoms with E-state index in [0.29, 0.717) is 23.9 Å². The molecule has 1 fully saturated rings. The average Bonchev–Trinajstić information content (AvgIpc) is 3.83. The highest BCUT2D eigenvalue weighted by Crippen LogP contribution is 2.27. The van der Waals surface area contributed by atoms with Crippen molar-refractivity contribution < 1.29 is 32.7 Å². The number of carbonyl (C=O) groups is 3. The maximum absolute atomic E-state index is 14.1. The van der Waals surface area contributed by atoms with Gasteiger partial charge in [0.05, 0.1) is 53.3 Å². The van der Waals surface area contributed by atoms with E-state index in [1.165, 1.54) is 18.2 Å². The van der Waals surface area contributed by atoms with Crippen molar-refractivity contribution in [2.24, 2.45) is 5.73 Å². The lowest BCUT2D eigenvalue weighted by molar-refractivity contribution is -0.146. The van der Waals surface area contributed by atoms with E-state index in [-0.39, 0.29) is 23.1 Å². The van der Waals surface area contributed by atoms with Crippen LogP contribution in [0.1, 0.15) is 48.2 Å². The molecule has 0 bridgehead atoms. The summed E-state index contributed by atoms with van der Waals surface area (Å²) in [6, 6.07) is 21.4. The van der Waals surface area contributed by atoms with Crippen LogP contribution in [0.2, 0.25) is 0 Å². The second-order valence-corrected chi connectivity index (χ2v) is 14.4. The lowest BCUT2D eigenvalue weighted by atomic mass is 10.00. The van der Waals surface area contributed by atoms with Gasteiger partial charge in [0, 0.05) is 10.8 Å². The molecular weight excluding hydrogens is 675 g/mol. The zero-order chi connectivity index (χ0) is 36.0. The third kappa shape index (κ3) is 8.75. The standard InChI is InChI=1S/C36H39N7O7S/c37-34(45)20-32(41-35(46)29-17-15-24-10-4-7-13-28(24)39-29)36(47)40-31(18-23-8-2-1-3-9-23)33(44)22-43(50-26-11-5-6-12-26)51(48,49)27-16-14-25-21-38-42-30(25)19-27/h1-4,7-10,13-17,19,21,26,31-33,44H,5-6,11-12,18,20,22H2,(H2,37,45)(H,38,42)(H,40,47)(H,41,46)/t31-,32-,33+/m0/s1. The minimum absolute atomic E-state index is 0.0232. The Morgan fingerprint density at radius 2 is 1.69 bits per heavy atom. The molecule has 0 radical (unpaired) electrons. The molecule has 266 valence electrons. The molecule has 0 unspecified atom stereocenters. The number of pyridine rings is 1. The Labute approximate surface area is 294 Å². The largest absolute Gasteiger partial charge is 0.389 e. The molecule has 2 heterocycles. The first kappa shape index (κ1) is 35.6. The lowest BCUT2D eigenvalue weighted by Crippen LogP contribution is -2.56. The fourth-order valence-electron chi connectivity index (χ4n) is 6.10. The van der Waals surface area contributed by atoms with Gasteiger partial charge >= 0.3 is 0 Å². The molecule has 3 amide bonds. The van der Waals surface area contributed by atoms with Crippen LogP contribution >= 0.6 is 0 Å². The van der Waals surface area contributed by atoms with E-state index in [1.807, 2.05) is 18.2 Å². The van der Waals surface area contributed by atoms with Gasteiger partial charge in [-0.1, -0.05) is 71.9 Å². The number of carbonyl (C=O) groups excluding carboxylic acids is 3. The summed E-state index contributed by atoms with van der Waals surface area (Å²) >= 11 is 0. The van der Waals surface area contributed by atoms with Crippen LogP contribution in [0.15, 0.2) is 96.0 Å².